The number of anilines is 2. The molecular weight excluding hydrogens is 380 g/mol. The molecule has 3 heterocycles. The van der Waals surface area contributed by atoms with Crippen LogP contribution in [0.4, 0.5) is 11.4 Å². The topological polar surface area (TPSA) is 82.7 Å². The number of carbonyl (C=O) groups excluding carboxylic acids is 2. The van der Waals surface area contributed by atoms with Crippen LogP contribution in [0.3, 0.4) is 0 Å². The molecule has 4 rings (SSSR count). The molecule has 0 aromatic heterocycles. The van der Waals surface area contributed by atoms with Crippen LogP contribution in [0.25, 0.3) is 0 Å². The van der Waals surface area contributed by atoms with Crippen molar-refractivity contribution in [2.75, 3.05) is 23.3 Å². The maximum atomic E-state index is 12.5. The van der Waals surface area contributed by atoms with E-state index in [4.69, 9.17) is 4.74 Å². The lowest BCUT2D eigenvalue weighted by molar-refractivity contribution is -0.137. The molecule has 30 heavy (non-hydrogen) atoms. The summed E-state index contributed by atoms with van der Waals surface area (Å²) in [5.74, 6) is -1.20. The van der Waals surface area contributed by atoms with Crippen molar-refractivity contribution < 1.29 is 14.3 Å². The Morgan fingerprint density at radius 1 is 0.967 bits per heavy atom. The molecule has 2 bridgehead atoms. The van der Waals surface area contributed by atoms with Crippen LogP contribution in [0.1, 0.15) is 53.4 Å². The monoisotopic (exact) mass is 414 g/mol. The SMILES string of the molecule is CC1(C)CC(NC(=O)C(=O)Nc2ccc(N3CC4CCC(C3)O4)cc2)CC(C)(C)N1. The molecule has 3 aliphatic heterocycles. The fourth-order valence-corrected chi connectivity index (χ4v) is 5.44. The molecule has 2 atom stereocenters. The molecule has 0 saturated carbocycles. The molecule has 3 saturated heterocycles. The summed E-state index contributed by atoms with van der Waals surface area (Å²) in [4.78, 5) is 27.2. The van der Waals surface area contributed by atoms with Crippen LogP contribution in [0.15, 0.2) is 24.3 Å². The second kappa shape index (κ2) is 7.85. The number of morpholine rings is 1. The summed E-state index contributed by atoms with van der Waals surface area (Å²) in [6.45, 7) is 10.3. The molecule has 2 amide bonds. The van der Waals surface area contributed by atoms with Gasteiger partial charge in [0.1, 0.15) is 0 Å². The van der Waals surface area contributed by atoms with Crippen LogP contribution in [-0.2, 0) is 14.3 Å². The first-order valence-corrected chi connectivity index (χ1v) is 11.0. The van der Waals surface area contributed by atoms with Crippen molar-refractivity contribution in [1.29, 1.82) is 0 Å². The number of piperidine rings is 1. The van der Waals surface area contributed by atoms with Gasteiger partial charge in [0.2, 0.25) is 0 Å². The van der Waals surface area contributed by atoms with Gasteiger partial charge < -0.3 is 25.6 Å². The van der Waals surface area contributed by atoms with Gasteiger partial charge in [-0.1, -0.05) is 0 Å². The largest absolute Gasteiger partial charge is 0.371 e. The predicted octanol–water partition coefficient (Wildman–Crippen LogP) is 2.42. The number of nitrogens with one attached hydrogen (secondary N) is 3. The molecule has 0 aliphatic carbocycles. The first-order chi connectivity index (χ1) is 14.1. The highest BCUT2D eigenvalue weighted by Crippen LogP contribution is 2.30. The highest BCUT2D eigenvalue weighted by atomic mass is 16.5. The summed E-state index contributed by atoms with van der Waals surface area (Å²) in [7, 11) is 0. The summed E-state index contributed by atoms with van der Waals surface area (Å²) >= 11 is 0. The lowest BCUT2D eigenvalue weighted by Crippen LogP contribution is -2.62. The number of hydrogen-bond donors (Lipinski definition) is 3. The molecule has 7 heteroatoms. The van der Waals surface area contributed by atoms with Gasteiger partial charge >= 0.3 is 11.8 Å². The van der Waals surface area contributed by atoms with Crippen molar-refractivity contribution in [3.63, 3.8) is 0 Å². The van der Waals surface area contributed by atoms with Crippen molar-refractivity contribution in [2.45, 2.75) is 82.7 Å². The Labute approximate surface area is 178 Å². The Hall–Kier alpha value is -2.12. The number of ether oxygens (including phenoxy) is 1. The molecule has 2 unspecified atom stereocenters. The van der Waals surface area contributed by atoms with Gasteiger partial charge in [-0.05, 0) is 77.6 Å². The minimum Gasteiger partial charge on any atom is -0.371 e. The van der Waals surface area contributed by atoms with E-state index < -0.39 is 11.8 Å². The Kier molecular flexibility index (Phi) is 5.53. The molecule has 3 N–H and O–H groups in total. The predicted molar refractivity (Wildman–Crippen MR) is 118 cm³/mol. The third kappa shape index (κ3) is 4.95. The fraction of sp³-hybridized carbons (Fsp3) is 0.652. The molecule has 0 spiro atoms. The molecule has 7 nitrogen and oxygen atoms in total. The van der Waals surface area contributed by atoms with Crippen molar-refractivity contribution >= 4 is 23.2 Å². The van der Waals surface area contributed by atoms with Gasteiger partial charge in [-0.25, -0.2) is 0 Å². The summed E-state index contributed by atoms with van der Waals surface area (Å²) in [6.07, 6.45) is 4.50. The van der Waals surface area contributed by atoms with Crippen LogP contribution < -0.4 is 20.9 Å². The Morgan fingerprint density at radius 3 is 2.10 bits per heavy atom. The molecule has 164 valence electrons. The molecule has 3 aliphatic rings. The number of fused-ring (bicyclic) bond motifs is 2. The molecule has 1 aromatic carbocycles. The van der Waals surface area contributed by atoms with E-state index in [-0.39, 0.29) is 17.1 Å². The standard InChI is InChI=1S/C23H34N4O3/c1-22(2)11-16(12-23(3,4)26-22)25-21(29)20(28)24-15-5-7-17(8-6-15)27-13-18-9-10-19(14-27)30-18/h5-8,16,18-19,26H,9-14H2,1-4H3,(H,24,28)(H,25,29). The Morgan fingerprint density at radius 2 is 1.53 bits per heavy atom. The summed E-state index contributed by atoms with van der Waals surface area (Å²) < 4.78 is 5.89. The van der Waals surface area contributed by atoms with E-state index in [9.17, 15) is 9.59 Å². The third-order valence-electron chi connectivity index (χ3n) is 6.27. The molecular formula is C23H34N4O3. The van der Waals surface area contributed by atoms with Gasteiger partial charge in [-0.2, -0.15) is 0 Å². The van der Waals surface area contributed by atoms with Crippen LogP contribution >= 0.6 is 0 Å². The average Bonchev–Trinajstić information content (AvgIpc) is 2.97. The van der Waals surface area contributed by atoms with Gasteiger partial charge in [0.15, 0.2) is 0 Å². The van der Waals surface area contributed by atoms with Gasteiger partial charge in [0.05, 0.1) is 12.2 Å². The van der Waals surface area contributed by atoms with Gasteiger partial charge in [-0.15, -0.1) is 0 Å². The van der Waals surface area contributed by atoms with Gasteiger partial charge in [0.25, 0.3) is 0 Å². The lowest BCUT2D eigenvalue weighted by atomic mass is 9.79. The summed E-state index contributed by atoms with van der Waals surface area (Å²) in [6, 6.07) is 7.67. The smallest absolute Gasteiger partial charge is 0.313 e. The fourth-order valence-electron chi connectivity index (χ4n) is 5.44. The lowest BCUT2D eigenvalue weighted by Gasteiger charge is -2.46. The van der Waals surface area contributed by atoms with E-state index >= 15 is 0 Å². The first kappa shape index (κ1) is 21.1. The van der Waals surface area contributed by atoms with E-state index in [1.807, 2.05) is 24.3 Å². The quantitative estimate of drug-likeness (QED) is 0.662. The number of hydrogen-bond acceptors (Lipinski definition) is 5. The number of carbonyl (C=O) groups is 2. The summed E-state index contributed by atoms with van der Waals surface area (Å²) in [5.41, 5.74) is 1.56. The minimum absolute atomic E-state index is 0.0337. The average molecular weight is 415 g/mol. The Bertz CT molecular complexity index is 777. The van der Waals surface area contributed by atoms with E-state index in [1.54, 1.807) is 0 Å². The Balaban J connectivity index is 1.31. The minimum atomic E-state index is -0.624. The van der Waals surface area contributed by atoms with Gasteiger partial charge in [-0.3, -0.25) is 9.59 Å². The number of benzene rings is 1. The highest BCUT2D eigenvalue weighted by Gasteiger charge is 2.38. The third-order valence-corrected chi connectivity index (χ3v) is 6.27. The van der Waals surface area contributed by atoms with E-state index in [0.717, 1.165) is 44.5 Å². The first-order valence-electron chi connectivity index (χ1n) is 11.0. The van der Waals surface area contributed by atoms with Crippen LogP contribution in [-0.4, -0.2) is 54.2 Å². The van der Waals surface area contributed by atoms with Crippen LogP contribution in [0.2, 0.25) is 0 Å². The van der Waals surface area contributed by atoms with Crippen molar-refractivity contribution in [2.24, 2.45) is 0 Å². The molecule has 3 fully saturated rings. The molecule has 0 radical (unpaired) electrons. The molecule has 1 aromatic rings. The van der Waals surface area contributed by atoms with E-state index in [0.29, 0.717) is 17.9 Å². The number of rotatable bonds is 3. The normalized spacial score (nSPS) is 27.5. The maximum Gasteiger partial charge on any atom is 0.313 e. The second-order valence-electron chi connectivity index (χ2n) is 10.3. The van der Waals surface area contributed by atoms with E-state index in [1.165, 1.54) is 0 Å². The van der Waals surface area contributed by atoms with Gasteiger partial charge in [0, 0.05) is 41.6 Å². The van der Waals surface area contributed by atoms with Crippen molar-refractivity contribution in [3.05, 3.63) is 24.3 Å². The number of amides is 2. The summed E-state index contributed by atoms with van der Waals surface area (Å²) in [5, 5.41) is 9.22. The second-order valence-corrected chi connectivity index (χ2v) is 10.3. The maximum absolute atomic E-state index is 12.5. The van der Waals surface area contributed by atoms with Crippen LogP contribution in [0.5, 0.6) is 0 Å². The highest BCUT2D eigenvalue weighted by molar-refractivity contribution is 6.39. The zero-order valence-corrected chi connectivity index (χ0v) is 18.5. The van der Waals surface area contributed by atoms with E-state index in [2.05, 4.69) is 48.5 Å². The number of nitrogens with zero attached hydrogens (tertiary/aromatic N) is 1. The van der Waals surface area contributed by atoms with Crippen molar-refractivity contribution in [1.82, 2.24) is 10.6 Å². The van der Waals surface area contributed by atoms with Crippen LogP contribution in [0, 0.1) is 0 Å². The van der Waals surface area contributed by atoms with Crippen molar-refractivity contribution in [3.8, 4) is 0 Å². The zero-order valence-electron chi connectivity index (χ0n) is 18.5. The zero-order chi connectivity index (χ0) is 21.5.